The van der Waals surface area contributed by atoms with Crippen molar-refractivity contribution in [2.24, 2.45) is 0 Å². The molecule has 5 nitrogen and oxygen atoms in total. The number of unbranched alkanes of at least 4 members (excludes halogenated alkanes) is 2. The zero-order valence-electron chi connectivity index (χ0n) is 16.5. The van der Waals surface area contributed by atoms with Crippen molar-refractivity contribution in [3.05, 3.63) is 70.3 Å². The Morgan fingerprint density at radius 3 is 2.83 bits per heavy atom. The fraction of sp³-hybridized carbons (Fsp3) is 0.318. The van der Waals surface area contributed by atoms with Gasteiger partial charge in [-0.1, -0.05) is 12.8 Å². The molecule has 0 amide bonds. The number of hydrogen-bond donors (Lipinski definition) is 1. The van der Waals surface area contributed by atoms with Crippen LogP contribution in [0.2, 0.25) is 0 Å². The number of ketones is 1. The van der Waals surface area contributed by atoms with Crippen molar-refractivity contribution < 1.29 is 9.18 Å². The summed E-state index contributed by atoms with van der Waals surface area (Å²) in [6, 6.07) is 6.55. The number of hydrogen-bond acceptors (Lipinski definition) is 6. The summed E-state index contributed by atoms with van der Waals surface area (Å²) >= 11 is 3.17. The first-order valence-corrected chi connectivity index (χ1v) is 11.9. The number of benzene rings is 1. The smallest absolute Gasteiger partial charge is 0.191 e. The number of rotatable bonds is 10. The second-order valence-electron chi connectivity index (χ2n) is 7.15. The van der Waals surface area contributed by atoms with Gasteiger partial charge in [0.1, 0.15) is 11.6 Å². The summed E-state index contributed by atoms with van der Waals surface area (Å²) in [4.78, 5) is 26.6. The molecule has 0 saturated carbocycles. The zero-order chi connectivity index (χ0) is 20.8. The number of nitrogens with zero attached hydrogens (tertiary/aromatic N) is 3. The lowest BCUT2D eigenvalue weighted by Crippen LogP contribution is -2.22. The van der Waals surface area contributed by atoms with Gasteiger partial charge >= 0.3 is 0 Å². The van der Waals surface area contributed by atoms with Gasteiger partial charge in [-0.05, 0) is 42.5 Å². The molecular formula is C22H23FN4OS2. The van der Waals surface area contributed by atoms with Crippen LogP contribution in [0, 0.1) is 5.82 Å². The number of aromatic amines is 1. The molecule has 1 aliphatic rings. The molecule has 0 spiro atoms. The maximum atomic E-state index is 13.2. The lowest BCUT2D eigenvalue weighted by atomic mass is 10.0. The minimum absolute atomic E-state index is 0.135. The van der Waals surface area contributed by atoms with Gasteiger partial charge in [0.25, 0.3) is 0 Å². The van der Waals surface area contributed by atoms with Crippen LogP contribution in [0.5, 0.6) is 0 Å². The number of halogens is 1. The number of H-pyrrole nitrogens is 1. The van der Waals surface area contributed by atoms with Gasteiger partial charge in [0.2, 0.25) is 0 Å². The van der Waals surface area contributed by atoms with Crippen LogP contribution in [0.1, 0.15) is 53.8 Å². The summed E-state index contributed by atoms with van der Waals surface area (Å²) in [6.45, 7) is 0. The van der Waals surface area contributed by atoms with E-state index in [1.54, 1.807) is 30.1 Å². The van der Waals surface area contributed by atoms with Crippen molar-refractivity contribution in [2.45, 2.75) is 38.1 Å². The summed E-state index contributed by atoms with van der Waals surface area (Å²) in [6.07, 6.45) is 10.0. The van der Waals surface area contributed by atoms with Gasteiger partial charge in [-0.15, -0.1) is 23.1 Å². The van der Waals surface area contributed by atoms with Crippen LogP contribution in [-0.4, -0.2) is 31.5 Å². The SMILES string of the molecule is O=C(CCCCC[C@@H](c1nc(-c2ccc(F)cc2)c[nH]1)N1C=CSC1)c1nccs1. The summed E-state index contributed by atoms with van der Waals surface area (Å²) in [5.74, 6) is 1.70. The van der Waals surface area contributed by atoms with Crippen molar-refractivity contribution in [3.63, 3.8) is 0 Å². The molecule has 30 heavy (non-hydrogen) atoms. The maximum absolute atomic E-state index is 13.2. The van der Waals surface area contributed by atoms with Gasteiger partial charge in [-0.3, -0.25) is 4.79 Å². The third-order valence-electron chi connectivity index (χ3n) is 5.08. The molecule has 1 aromatic carbocycles. The van der Waals surface area contributed by atoms with Crippen LogP contribution in [0.25, 0.3) is 11.3 Å². The first-order valence-electron chi connectivity index (χ1n) is 9.98. The summed E-state index contributed by atoms with van der Waals surface area (Å²) < 4.78 is 13.2. The summed E-state index contributed by atoms with van der Waals surface area (Å²) in [5, 5.41) is 4.54. The van der Waals surface area contributed by atoms with Crippen LogP contribution in [0.15, 0.2) is 53.6 Å². The van der Waals surface area contributed by atoms with Gasteiger partial charge < -0.3 is 9.88 Å². The number of carbonyl (C=O) groups is 1. The highest BCUT2D eigenvalue weighted by molar-refractivity contribution is 8.02. The van der Waals surface area contributed by atoms with Gasteiger partial charge in [-0.25, -0.2) is 14.4 Å². The topological polar surface area (TPSA) is 61.9 Å². The molecule has 2 aromatic heterocycles. The fourth-order valence-corrected chi connectivity index (χ4v) is 4.86. The molecule has 0 bridgehead atoms. The molecule has 4 rings (SSSR count). The molecule has 1 atom stereocenters. The van der Waals surface area contributed by atoms with E-state index in [1.807, 2.05) is 11.6 Å². The second kappa shape index (κ2) is 10.0. The van der Waals surface area contributed by atoms with Crippen molar-refractivity contribution in [2.75, 3.05) is 5.88 Å². The van der Waals surface area contributed by atoms with E-state index < -0.39 is 0 Å². The molecule has 0 saturated heterocycles. The number of nitrogens with one attached hydrogen (secondary N) is 1. The van der Waals surface area contributed by atoms with Crippen molar-refractivity contribution in [1.82, 2.24) is 19.9 Å². The maximum Gasteiger partial charge on any atom is 0.191 e. The first-order chi connectivity index (χ1) is 14.7. The lowest BCUT2D eigenvalue weighted by molar-refractivity contribution is 0.0978. The zero-order valence-corrected chi connectivity index (χ0v) is 18.1. The van der Waals surface area contributed by atoms with E-state index in [4.69, 9.17) is 4.98 Å². The molecule has 0 fully saturated rings. The lowest BCUT2D eigenvalue weighted by Gasteiger charge is -2.25. The Hall–Kier alpha value is -2.45. The molecule has 3 heterocycles. The highest BCUT2D eigenvalue weighted by Crippen LogP contribution is 2.32. The van der Waals surface area contributed by atoms with Crippen molar-refractivity contribution >= 4 is 28.9 Å². The Bertz CT molecular complexity index is 985. The van der Waals surface area contributed by atoms with Crippen LogP contribution >= 0.6 is 23.1 Å². The molecule has 8 heteroatoms. The van der Waals surface area contributed by atoms with E-state index >= 15 is 0 Å². The number of imidazole rings is 1. The third-order valence-corrected chi connectivity index (χ3v) is 6.65. The number of aromatic nitrogens is 3. The Morgan fingerprint density at radius 2 is 2.10 bits per heavy atom. The normalized spacial score (nSPS) is 14.4. The Kier molecular flexibility index (Phi) is 6.96. The van der Waals surface area contributed by atoms with Crippen molar-refractivity contribution in [3.8, 4) is 11.3 Å². The average Bonchev–Trinajstić information content (AvgIpc) is 3.53. The molecular weight excluding hydrogens is 419 g/mol. The first kappa shape index (κ1) is 20.8. The van der Waals surface area contributed by atoms with E-state index in [0.717, 1.165) is 48.6 Å². The standard InChI is InChI=1S/C22H23FN4OS2/c23-17-8-6-16(7-9-17)18-14-25-21(26-18)19(27-11-13-29-15-27)4-2-1-3-5-20(28)22-24-10-12-30-22/h6-14,19H,1-5,15H2,(H,25,26)/t19-/m0/s1. The number of thiazole rings is 1. The van der Waals surface area contributed by atoms with E-state index in [-0.39, 0.29) is 17.6 Å². The predicted molar refractivity (Wildman–Crippen MR) is 120 cm³/mol. The van der Waals surface area contributed by atoms with E-state index in [1.165, 1.54) is 23.5 Å². The third kappa shape index (κ3) is 5.17. The van der Waals surface area contributed by atoms with Gasteiger partial charge in [0.05, 0.1) is 17.6 Å². The minimum Gasteiger partial charge on any atom is -0.357 e. The molecule has 0 radical (unpaired) electrons. The quantitative estimate of drug-likeness (QED) is 0.307. The number of carbonyl (C=O) groups excluding carboxylic acids is 1. The van der Waals surface area contributed by atoms with Crippen LogP contribution in [-0.2, 0) is 0 Å². The summed E-state index contributed by atoms with van der Waals surface area (Å²) in [5.41, 5.74) is 1.71. The van der Waals surface area contributed by atoms with Gasteiger partial charge in [0, 0.05) is 36.0 Å². The average molecular weight is 443 g/mol. The Labute approximate surface area is 183 Å². The Morgan fingerprint density at radius 1 is 1.23 bits per heavy atom. The predicted octanol–water partition coefficient (Wildman–Crippen LogP) is 6.02. The number of Topliss-reactive ketones (excluding diaryl/α,β-unsaturated/α-hetero) is 1. The van der Waals surface area contributed by atoms with E-state index in [0.29, 0.717) is 11.4 Å². The monoisotopic (exact) mass is 442 g/mol. The molecule has 156 valence electrons. The largest absolute Gasteiger partial charge is 0.357 e. The molecule has 1 N–H and O–H groups in total. The van der Waals surface area contributed by atoms with Crippen LogP contribution in [0.4, 0.5) is 4.39 Å². The van der Waals surface area contributed by atoms with Gasteiger partial charge in [-0.2, -0.15) is 0 Å². The van der Waals surface area contributed by atoms with E-state index in [9.17, 15) is 9.18 Å². The minimum atomic E-state index is -0.250. The van der Waals surface area contributed by atoms with E-state index in [2.05, 4.69) is 26.5 Å². The number of thioether (sulfide) groups is 1. The van der Waals surface area contributed by atoms with Gasteiger partial charge in [0.15, 0.2) is 10.8 Å². The van der Waals surface area contributed by atoms with Crippen LogP contribution < -0.4 is 0 Å². The molecule has 3 aromatic rings. The molecule has 0 unspecified atom stereocenters. The summed E-state index contributed by atoms with van der Waals surface area (Å²) in [7, 11) is 0. The highest BCUT2D eigenvalue weighted by Gasteiger charge is 2.23. The van der Waals surface area contributed by atoms with Crippen molar-refractivity contribution in [1.29, 1.82) is 0 Å². The Balaban J connectivity index is 1.35. The fourth-order valence-electron chi connectivity index (χ4n) is 3.49. The molecule has 0 aliphatic carbocycles. The second-order valence-corrected chi connectivity index (χ2v) is 8.91. The van der Waals surface area contributed by atoms with Crippen LogP contribution in [0.3, 0.4) is 0 Å². The highest BCUT2D eigenvalue weighted by atomic mass is 32.2. The molecule has 1 aliphatic heterocycles.